The van der Waals surface area contributed by atoms with Crippen LogP contribution in [0.5, 0.6) is 5.75 Å². The lowest BCUT2D eigenvalue weighted by molar-refractivity contribution is -0.128. The van der Waals surface area contributed by atoms with Gasteiger partial charge in [-0.1, -0.05) is 18.2 Å². The van der Waals surface area contributed by atoms with Crippen LogP contribution < -0.4 is 10.1 Å². The number of aromatic carboxylic acids is 1. The lowest BCUT2D eigenvalue weighted by Crippen LogP contribution is -2.25. The minimum absolute atomic E-state index is 0.0477. The Morgan fingerprint density at radius 3 is 2.68 bits per heavy atom. The number of likely N-dealkylation sites (tertiary alicyclic amines) is 1. The monoisotopic (exact) mass is 382 g/mol. The Hall–Kier alpha value is -3.35. The summed E-state index contributed by atoms with van der Waals surface area (Å²) < 4.78 is 5.04. The summed E-state index contributed by atoms with van der Waals surface area (Å²) in [7, 11) is 1.41. The molecule has 2 aromatic carbocycles. The Kier molecular flexibility index (Phi) is 5.93. The van der Waals surface area contributed by atoms with E-state index < -0.39 is 5.97 Å². The molecule has 1 heterocycles. The van der Waals surface area contributed by atoms with E-state index in [4.69, 9.17) is 4.74 Å². The first kappa shape index (κ1) is 19.4. The second-order valence-electron chi connectivity index (χ2n) is 6.64. The van der Waals surface area contributed by atoms with Crippen molar-refractivity contribution in [1.29, 1.82) is 0 Å². The Morgan fingerprint density at radius 2 is 2.00 bits per heavy atom. The van der Waals surface area contributed by atoms with Crippen molar-refractivity contribution in [3.05, 3.63) is 64.7 Å². The molecule has 0 bridgehead atoms. The molecule has 1 aliphatic heterocycles. The van der Waals surface area contributed by atoms with Gasteiger partial charge in [-0.25, -0.2) is 4.79 Å². The van der Waals surface area contributed by atoms with Gasteiger partial charge in [0.1, 0.15) is 11.3 Å². The van der Waals surface area contributed by atoms with Crippen LogP contribution in [0.15, 0.2) is 42.5 Å². The number of rotatable bonds is 7. The molecule has 0 saturated carbocycles. The number of ether oxygens (including phenoxy) is 1. The molecule has 2 N–H and O–H groups in total. The van der Waals surface area contributed by atoms with E-state index in [9.17, 15) is 19.5 Å². The van der Waals surface area contributed by atoms with Crippen LogP contribution >= 0.6 is 0 Å². The second-order valence-corrected chi connectivity index (χ2v) is 6.64. The van der Waals surface area contributed by atoms with Gasteiger partial charge in [0.2, 0.25) is 5.91 Å². The van der Waals surface area contributed by atoms with Gasteiger partial charge in [-0.15, -0.1) is 0 Å². The van der Waals surface area contributed by atoms with Gasteiger partial charge >= 0.3 is 5.97 Å². The fourth-order valence-electron chi connectivity index (χ4n) is 3.22. The van der Waals surface area contributed by atoms with Gasteiger partial charge in [0.15, 0.2) is 0 Å². The van der Waals surface area contributed by atoms with Crippen molar-refractivity contribution in [3.8, 4) is 5.75 Å². The van der Waals surface area contributed by atoms with Gasteiger partial charge in [0.05, 0.1) is 7.11 Å². The topological polar surface area (TPSA) is 95.9 Å². The molecule has 0 atom stereocenters. The summed E-state index contributed by atoms with van der Waals surface area (Å²) in [5.41, 5.74) is 2.11. The van der Waals surface area contributed by atoms with Crippen LogP contribution in [0.4, 0.5) is 0 Å². The number of nitrogens with zero attached hydrogens (tertiary/aromatic N) is 1. The summed E-state index contributed by atoms with van der Waals surface area (Å²) in [5, 5.41) is 12.0. The number of benzene rings is 2. The van der Waals surface area contributed by atoms with Crippen molar-refractivity contribution in [1.82, 2.24) is 10.2 Å². The normalized spacial score (nSPS) is 13.5. The van der Waals surface area contributed by atoms with Gasteiger partial charge in [-0.05, 0) is 41.8 Å². The molecular formula is C21H22N2O5. The van der Waals surface area contributed by atoms with E-state index in [1.807, 2.05) is 6.07 Å². The van der Waals surface area contributed by atoms with Crippen molar-refractivity contribution in [3.63, 3.8) is 0 Å². The van der Waals surface area contributed by atoms with Gasteiger partial charge in [-0.3, -0.25) is 9.59 Å². The van der Waals surface area contributed by atoms with Gasteiger partial charge in [0, 0.05) is 31.6 Å². The molecular weight excluding hydrogens is 360 g/mol. The van der Waals surface area contributed by atoms with E-state index in [-0.39, 0.29) is 29.7 Å². The predicted molar refractivity (Wildman–Crippen MR) is 102 cm³/mol. The number of hydrogen-bond acceptors (Lipinski definition) is 4. The first-order valence-electron chi connectivity index (χ1n) is 9.03. The van der Waals surface area contributed by atoms with Crippen molar-refractivity contribution in [2.45, 2.75) is 25.9 Å². The molecule has 0 unspecified atom stereocenters. The summed E-state index contributed by atoms with van der Waals surface area (Å²) in [6, 6.07) is 11.9. The molecule has 1 fully saturated rings. The van der Waals surface area contributed by atoms with Crippen LogP contribution in [-0.2, 0) is 17.9 Å². The third-order valence-corrected chi connectivity index (χ3v) is 4.68. The fraction of sp³-hybridized carbons (Fsp3) is 0.286. The lowest BCUT2D eigenvalue weighted by atomic mass is 10.1. The molecule has 0 aromatic heterocycles. The van der Waals surface area contributed by atoms with Gasteiger partial charge in [0.25, 0.3) is 5.91 Å². The average molecular weight is 382 g/mol. The highest BCUT2D eigenvalue weighted by Gasteiger charge is 2.20. The largest absolute Gasteiger partial charge is 0.496 e. The molecule has 7 heteroatoms. The summed E-state index contributed by atoms with van der Waals surface area (Å²) in [4.78, 5) is 37.3. The Balaban J connectivity index is 1.65. The number of amides is 2. The molecule has 28 heavy (non-hydrogen) atoms. The Labute approximate surface area is 162 Å². The van der Waals surface area contributed by atoms with E-state index in [1.54, 1.807) is 35.2 Å². The number of nitrogens with one attached hydrogen (secondary N) is 1. The van der Waals surface area contributed by atoms with E-state index in [0.717, 1.165) is 18.5 Å². The molecule has 146 valence electrons. The molecule has 1 aliphatic rings. The average Bonchev–Trinajstić information content (AvgIpc) is 3.10. The molecule has 2 amide bonds. The molecule has 0 radical (unpaired) electrons. The quantitative estimate of drug-likeness (QED) is 0.767. The summed E-state index contributed by atoms with van der Waals surface area (Å²) >= 11 is 0. The first-order chi connectivity index (χ1) is 13.5. The zero-order valence-electron chi connectivity index (χ0n) is 15.6. The number of methoxy groups -OCH3 is 1. The third-order valence-electron chi connectivity index (χ3n) is 4.68. The Morgan fingerprint density at radius 1 is 1.18 bits per heavy atom. The number of carbonyl (C=O) groups is 3. The van der Waals surface area contributed by atoms with Crippen molar-refractivity contribution >= 4 is 17.8 Å². The van der Waals surface area contributed by atoms with Crippen LogP contribution in [-0.4, -0.2) is 41.4 Å². The number of carboxylic acids is 1. The van der Waals surface area contributed by atoms with E-state index in [1.165, 1.54) is 13.2 Å². The van der Waals surface area contributed by atoms with Crippen LogP contribution in [0.25, 0.3) is 0 Å². The molecule has 7 nitrogen and oxygen atoms in total. The van der Waals surface area contributed by atoms with Crippen LogP contribution in [0.1, 0.15) is 44.7 Å². The molecule has 0 spiro atoms. The zero-order chi connectivity index (χ0) is 20.1. The minimum atomic E-state index is -1.09. The number of carbonyl (C=O) groups excluding carboxylic acids is 2. The maximum Gasteiger partial charge on any atom is 0.339 e. The number of hydrogen-bond donors (Lipinski definition) is 2. The van der Waals surface area contributed by atoms with Gasteiger partial charge in [-0.2, -0.15) is 0 Å². The van der Waals surface area contributed by atoms with Crippen LogP contribution in [0, 0.1) is 0 Å². The van der Waals surface area contributed by atoms with Gasteiger partial charge < -0.3 is 20.1 Å². The molecule has 1 saturated heterocycles. The fourth-order valence-corrected chi connectivity index (χ4v) is 3.22. The maximum atomic E-state index is 12.5. The second kappa shape index (κ2) is 8.56. The molecule has 3 rings (SSSR count). The summed E-state index contributed by atoms with van der Waals surface area (Å²) in [6.45, 7) is 1.44. The van der Waals surface area contributed by atoms with Crippen molar-refractivity contribution in [2.75, 3.05) is 13.7 Å². The third kappa shape index (κ3) is 4.49. The molecule has 2 aromatic rings. The minimum Gasteiger partial charge on any atom is -0.496 e. The van der Waals surface area contributed by atoms with Crippen LogP contribution in [0.3, 0.4) is 0 Å². The zero-order valence-corrected chi connectivity index (χ0v) is 15.6. The smallest absolute Gasteiger partial charge is 0.339 e. The standard InChI is InChI=1S/C21H22N2O5/c1-28-18-8-7-14(11-17(18)21(26)27)12-22-20(25)16-5-2-4-15(10-16)13-23-9-3-6-19(23)24/h2,4-5,7-8,10-11H,3,6,9,12-13H2,1H3,(H,22,25)(H,26,27). The number of carboxylic acid groups (broad SMARTS) is 1. The van der Waals surface area contributed by atoms with E-state index in [0.29, 0.717) is 24.1 Å². The maximum absolute atomic E-state index is 12.5. The predicted octanol–water partition coefficient (Wildman–Crippen LogP) is 2.45. The highest BCUT2D eigenvalue weighted by Crippen LogP contribution is 2.20. The first-order valence-corrected chi connectivity index (χ1v) is 9.03. The SMILES string of the molecule is COc1ccc(CNC(=O)c2cccc(CN3CCCC3=O)c2)cc1C(=O)O. The molecule has 0 aliphatic carbocycles. The lowest BCUT2D eigenvalue weighted by Gasteiger charge is -2.16. The Bertz CT molecular complexity index is 909. The van der Waals surface area contributed by atoms with Crippen molar-refractivity contribution < 1.29 is 24.2 Å². The van der Waals surface area contributed by atoms with Crippen molar-refractivity contribution in [2.24, 2.45) is 0 Å². The summed E-state index contributed by atoms with van der Waals surface area (Å²) in [5.74, 6) is -0.938. The van der Waals surface area contributed by atoms with Crippen LogP contribution in [0.2, 0.25) is 0 Å². The summed E-state index contributed by atoms with van der Waals surface area (Å²) in [6.07, 6.45) is 1.46. The highest BCUT2D eigenvalue weighted by atomic mass is 16.5. The highest BCUT2D eigenvalue weighted by molar-refractivity contribution is 5.94. The van der Waals surface area contributed by atoms with E-state index in [2.05, 4.69) is 5.32 Å². The van der Waals surface area contributed by atoms with E-state index >= 15 is 0 Å².